The van der Waals surface area contributed by atoms with E-state index in [-0.39, 0.29) is 25.6 Å². The van der Waals surface area contributed by atoms with Gasteiger partial charge in [-0.15, -0.1) is 0 Å². The second-order valence-corrected chi connectivity index (χ2v) is 3.79. The van der Waals surface area contributed by atoms with Crippen LogP contribution < -0.4 is 5.32 Å². The molecule has 1 aromatic rings. The van der Waals surface area contributed by atoms with Crippen molar-refractivity contribution in [2.24, 2.45) is 0 Å². The fraction of sp³-hybridized carbons (Fsp3) is 0.455. The van der Waals surface area contributed by atoms with Crippen LogP contribution in [-0.2, 0) is 4.74 Å². The van der Waals surface area contributed by atoms with E-state index < -0.39 is 41.7 Å². The zero-order valence-electron chi connectivity index (χ0n) is 9.96. The number of hydrogen-bond donors (Lipinski definition) is 1. The first kappa shape index (κ1) is 16.5. The maximum Gasteiger partial charge on any atom is 0.411 e. The third-order valence-corrected chi connectivity index (χ3v) is 2.14. The van der Waals surface area contributed by atoms with Crippen molar-refractivity contribution in [3.63, 3.8) is 0 Å². The standard InChI is InChI=1S/C11H10F7NO/c12-6-4-7(13)9(15)10(8(6)14)19-2-1-3-20-5-11(16,17)18/h4,19H,1-3,5H2. The van der Waals surface area contributed by atoms with E-state index in [0.717, 1.165) is 0 Å². The maximum absolute atomic E-state index is 13.1. The lowest BCUT2D eigenvalue weighted by molar-refractivity contribution is -0.173. The quantitative estimate of drug-likeness (QED) is 0.492. The first-order valence-corrected chi connectivity index (χ1v) is 5.43. The SMILES string of the molecule is Fc1cc(F)c(F)c(NCCCOCC(F)(F)F)c1F. The average Bonchev–Trinajstić information content (AvgIpc) is 2.33. The molecule has 0 heterocycles. The number of anilines is 1. The Hall–Kier alpha value is -1.51. The lowest BCUT2D eigenvalue weighted by Crippen LogP contribution is -2.18. The van der Waals surface area contributed by atoms with E-state index in [1.165, 1.54) is 0 Å². The van der Waals surface area contributed by atoms with Gasteiger partial charge in [0.2, 0.25) is 0 Å². The number of rotatable bonds is 6. The Balaban J connectivity index is 2.43. The van der Waals surface area contributed by atoms with Crippen molar-refractivity contribution in [1.29, 1.82) is 0 Å². The van der Waals surface area contributed by atoms with Gasteiger partial charge < -0.3 is 10.1 Å². The normalized spacial score (nSPS) is 11.8. The number of benzene rings is 1. The number of alkyl halides is 3. The Kier molecular flexibility index (Phi) is 5.61. The van der Waals surface area contributed by atoms with Gasteiger partial charge in [-0.05, 0) is 6.42 Å². The zero-order valence-corrected chi connectivity index (χ0v) is 9.96. The van der Waals surface area contributed by atoms with Crippen molar-refractivity contribution in [1.82, 2.24) is 0 Å². The van der Waals surface area contributed by atoms with E-state index in [1.54, 1.807) is 0 Å². The third kappa shape index (κ3) is 4.87. The predicted octanol–water partition coefficient (Wildman–Crippen LogP) is 3.62. The summed E-state index contributed by atoms with van der Waals surface area (Å²) in [6.45, 7) is -1.98. The Morgan fingerprint density at radius 1 is 1.00 bits per heavy atom. The molecule has 0 fully saturated rings. The van der Waals surface area contributed by atoms with Crippen molar-refractivity contribution >= 4 is 5.69 Å². The summed E-state index contributed by atoms with van der Waals surface area (Å²) in [6.07, 6.45) is -4.50. The van der Waals surface area contributed by atoms with Gasteiger partial charge in [0.1, 0.15) is 12.3 Å². The van der Waals surface area contributed by atoms with Crippen LogP contribution in [0.2, 0.25) is 0 Å². The first-order chi connectivity index (χ1) is 9.22. The van der Waals surface area contributed by atoms with Gasteiger partial charge in [0.25, 0.3) is 0 Å². The van der Waals surface area contributed by atoms with E-state index in [2.05, 4.69) is 10.1 Å². The zero-order chi connectivity index (χ0) is 15.3. The molecule has 9 heteroatoms. The largest absolute Gasteiger partial charge is 0.411 e. The van der Waals surface area contributed by atoms with E-state index >= 15 is 0 Å². The molecule has 0 aliphatic carbocycles. The van der Waals surface area contributed by atoms with E-state index in [9.17, 15) is 30.7 Å². The summed E-state index contributed by atoms with van der Waals surface area (Å²) in [7, 11) is 0. The van der Waals surface area contributed by atoms with Gasteiger partial charge in [-0.3, -0.25) is 0 Å². The van der Waals surface area contributed by atoms with Gasteiger partial charge in [-0.25, -0.2) is 17.6 Å². The fourth-order valence-electron chi connectivity index (χ4n) is 1.30. The summed E-state index contributed by atoms with van der Waals surface area (Å²) in [5, 5.41) is 2.07. The molecule has 0 radical (unpaired) electrons. The molecule has 1 N–H and O–H groups in total. The second-order valence-electron chi connectivity index (χ2n) is 3.79. The van der Waals surface area contributed by atoms with E-state index in [1.807, 2.05) is 0 Å². The molecule has 0 spiro atoms. The van der Waals surface area contributed by atoms with Crippen LogP contribution in [0.3, 0.4) is 0 Å². The molecule has 0 aliphatic heterocycles. The van der Waals surface area contributed by atoms with Crippen molar-refractivity contribution in [3.8, 4) is 0 Å². The minimum atomic E-state index is -4.46. The van der Waals surface area contributed by atoms with Crippen molar-refractivity contribution in [3.05, 3.63) is 29.3 Å². The highest BCUT2D eigenvalue weighted by atomic mass is 19.4. The first-order valence-electron chi connectivity index (χ1n) is 5.43. The fourth-order valence-corrected chi connectivity index (χ4v) is 1.30. The van der Waals surface area contributed by atoms with Crippen LogP contribution in [0.1, 0.15) is 6.42 Å². The van der Waals surface area contributed by atoms with Gasteiger partial charge in [0.05, 0.1) is 0 Å². The third-order valence-electron chi connectivity index (χ3n) is 2.14. The Morgan fingerprint density at radius 3 is 2.05 bits per heavy atom. The Bertz CT molecular complexity index is 435. The molecule has 0 bridgehead atoms. The van der Waals surface area contributed by atoms with Crippen LogP contribution in [0.5, 0.6) is 0 Å². The van der Waals surface area contributed by atoms with Crippen molar-refractivity contribution < 1.29 is 35.5 Å². The van der Waals surface area contributed by atoms with Crippen LogP contribution in [0.25, 0.3) is 0 Å². The van der Waals surface area contributed by atoms with E-state index in [0.29, 0.717) is 0 Å². The molecule has 1 aromatic carbocycles. The molecule has 0 saturated heterocycles. The minimum absolute atomic E-state index is 0.0346. The van der Waals surface area contributed by atoms with Crippen molar-refractivity contribution in [2.45, 2.75) is 12.6 Å². The molecule has 20 heavy (non-hydrogen) atoms. The summed E-state index contributed by atoms with van der Waals surface area (Å²) in [5.41, 5.74) is -1.00. The number of nitrogens with one attached hydrogen (secondary N) is 1. The highest BCUT2D eigenvalue weighted by molar-refractivity contribution is 5.47. The van der Waals surface area contributed by atoms with Gasteiger partial charge >= 0.3 is 6.18 Å². The molecule has 0 aliphatic rings. The number of ether oxygens (including phenoxy) is 1. The highest BCUT2D eigenvalue weighted by Gasteiger charge is 2.27. The van der Waals surface area contributed by atoms with Gasteiger partial charge in [-0.1, -0.05) is 0 Å². The minimum Gasteiger partial charge on any atom is -0.380 e. The smallest absolute Gasteiger partial charge is 0.380 e. The van der Waals surface area contributed by atoms with Gasteiger partial charge in [-0.2, -0.15) is 13.2 Å². The van der Waals surface area contributed by atoms with Crippen LogP contribution in [0.15, 0.2) is 6.07 Å². The van der Waals surface area contributed by atoms with Crippen LogP contribution in [0, 0.1) is 23.3 Å². The molecular formula is C11H10F7NO. The molecule has 114 valence electrons. The van der Waals surface area contributed by atoms with E-state index in [4.69, 9.17) is 0 Å². The molecule has 1 rings (SSSR count). The van der Waals surface area contributed by atoms with Gasteiger partial charge in [0, 0.05) is 19.2 Å². The molecule has 0 atom stereocenters. The lowest BCUT2D eigenvalue weighted by Gasteiger charge is -2.10. The van der Waals surface area contributed by atoms with Gasteiger partial charge in [0.15, 0.2) is 23.3 Å². The second kappa shape index (κ2) is 6.78. The van der Waals surface area contributed by atoms with Crippen LogP contribution >= 0.6 is 0 Å². The summed E-state index contributed by atoms with van der Waals surface area (Å²) in [4.78, 5) is 0. The van der Waals surface area contributed by atoms with Crippen LogP contribution in [0.4, 0.5) is 36.4 Å². The number of hydrogen-bond acceptors (Lipinski definition) is 2. The maximum atomic E-state index is 13.1. The number of halogens is 7. The summed E-state index contributed by atoms with van der Waals surface area (Å²) in [5.74, 6) is -6.33. The molecular weight excluding hydrogens is 295 g/mol. The monoisotopic (exact) mass is 305 g/mol. The Morgan fingerprint density at radius 2 is 1.55 bits per heavy atom. The molecule has 0 amide bonds. The summed E-state index contributed by atoms with van der Waals surface area (Å²) < 4.78 is 91.3. The Labute approximate surface area is 109 Å². The molecule has 0 saturated carbocycles. The summed E-state index contributed by atoms with van der Waals surface area (Å²) >= 11 is 0. The lowest BCUT2D eigenvalue weighted by atomic mass is 10.2. The predicted molar refractivity (Wildman–Crippen MR) is 56.3 cm³/mol. The topological polar surface area (TPSA) is 21.3 Å². The average molecular weight is 305 g/mol. The van der Waals surface area contributed by atoms with Crippen molar-refractivity contribution in [2.75, 3.05) is 25.1 Å². The molecule has 0 aromatic heterocycles. The molecule has 2 nitrogen and oxygen atoms in total. The van der Waals surface area contributed by atoms with Crippen LogP contribution in [-0.4, -0.2) is 25.9 Å². The highest BCUT2D eigenvalue weighted by Crippen LogP contribution is 2.24. The molecule has 0 unspecified atom stereocenters. The summed E-state index contributed by atoms with van der Waals surface area (Å²) in [6, 6.07) is 0.0578.